The van der Waals surface area contributed by atoms with Gasteiger partial charge < -0.3 is 10.1 Å². The molecular formula is C13H28N2O5S2. The summed E-state index contributed by atoms with van der Waals surface area (Å²) in [5.41, 5.74) is 0. The molecule has 0 aromatic rings. The first kappa shape index (κ1) is 21.4. The summed E-state index contributed by atoms with van der Waals surface area (Å²) < 4.78 is 21.8. The number of amides is 1. The lowest BCUT2D eigenvalue weighted by atomic mass is 10.5. The van der Waals surface area contributed by atoms with Crippen molar-refractivity contribution in [2.45, 2.75) is 34.1 Å². The maximum atomic E-state index is 11.2. The van der Waals surface area contributed by atoms with Crippen molar-refractivity contribution in [2.24, 2.45) is 0 Å². The van der Waals surface area contributed by atoms with Crippen molar-refractivity contribution in [1.82, 2.24) is 10.6 Å². The van der Waals surface area contributed by atoms with Crippen molar-refractivity contribution in [3.05, 3.63) is 0 Å². The summed E-state index contributed by atoms with van der Waals surface area (Å²) in [6.07, 6.45) is 0.179. The number of alkyl carbamates (subject to hydrolysis) is 1. The van der Waals surface area contributed by atoms with E-state index in [-0.39, 0.29) is 5.11 Å². The van der Waals surface area contributed by atoms with E-state index in [0.717, 1.165) is 6.42 Å². The minimum Gasteiger partial charge on any atom is -0.450 e. The van der Waals surface area contributed by atoms with Gasteiger partial charge in [0, 0.05) is 12.3 Å². The third kappa shape index (κ3) is 9.42. The Kier molecular flexibility index (Phi) is 12.5. The van der Waals surface area contributed by atoms with Crippen molar-refractivity contribution in [3.8, 4) is 0 Å². The summed E-state index contributed by atoms with van der Waals surface area (Å²) in [6, 6.07) is 0. The Morgan fingerprint density at radius 1 is 1.00 bits per heavy atom. The average molecular weight is 357 g/mol. The first-order valence-electron chi connectivity index (χ1n) is 7.49. The lowest BCUT2D eigenvalue weighted by Gasteiger charge is -2.36. The summed E-state index contributed by atoms with van der Waals surface area (Å²) in [7, 11) is -1.97. The molecule has 2 N–H and O–H groups in total. The second-order valence-corrected chi connectivity index (χ2v) is 6.58. The number of thiocarbonyl (C=S) groups is 1. The molecule has 0 saturated heterocycles. The number of ether oxygens (including phenoxy) is 1. The SMILES string of the molecule is CCOC(=O)NC(=S)NCCCS(OCC)(OCC)OCC. The van der Waals surface area contributed by atoms with Gasteiger partial charge in [-0.3, -0.25) is 17.9 Å². The molecule has 0 aromatic carbocycles. The van der Waals surface area contributed by atoms with Crippen LogP contribution in [0.25, 0.3) is 0 Å². The third-order valence-electron chi connectivity index (χ3n) is 2.24. The lowest BCUT2D eigenvalue weighted by Crippen LogP contribution is -2.40. The van der Waals surface area contributed by atoms with Gasteiger partial charge in [-0.15, -0.1) is 0 Å². The highest BCUT2D eigenvalue weighted by Gasteiger charge is 2.25. The van der Waals surface area contributed by atoms with E-state index >= 15 is 0 Å². The van der Waals surface area contributed by atoms with Gasteiger partial charge in [0.05, 0.1) is 37.3 Å². The number of nitrogens with one attached hydrogen (secondary N) is 2. The van der Waals surface area contributed by atoms with Crippen LogP contribution in [0, 0.1) is 0 Å². The van der Waals surface area contributed by atoms with Crippen LogP contribution in [-0.2, 0) is 17.3 Å². The molecule has 0 fully saturated rings. The van der Waals surface area contributed by atoms with E-state index in [2.05, 4.69) is 10.6 Å². The minimum absolute atomic E-state index is 0.239. The van der Waals surface area contributed by atoms with Crippen LogP contribution in [0.2, 0.25) is 0 Å². The van der Waals surface area contributed by atoms with Crippen LogP contribution in [0.4, 0.5) is 4.79 Å². The van der Waals surface area contributed by atoms with E-state index in [1.165, 1.54) is 0 Å². The maximum absolute atomic E-state index is 11.2. The van der Waals surface area contributed by atoms with Crippen molar-refractivity contribution >= 4 is 34.3 Å². The Morgan fingerprint density at radius 3 is 2.00 bits per heavy atom. The second-order valence-electron chi connectivity index (χ2n) is 3.94. The van der Waals surface area contributed by atoms with Gasteiger partial charge in [-0.2, -0.15) is 0 Å². The predicted octanol–water partition coefficient (Wildman–Crippen LogP) is 2.66. The fraction of sp³-hybridized carbons (Fsp3) is 0.846. The highest BCUT2D eigenvalue weighted by atomic mass is 32.3. The van der Waals surface area contributed by atoms with Gasteiger partial charge in [0.2, 0.25) is 0 Å². The quantitative estimate of drug-likeness (QED) is 0.435. The third-order valence-corrected chi connectivity index (χ3v) is 5.06. The molecule has 0 heterocycles. The fourth-order valence-electron chi connectivity index (χ4n) is 1.57. The standard InChI is InChI=1S/C13H28N2O5S2/c1-5-17-13(16)15-12(21)14-10-9-11-22(18-6-2,19-7-3)20-8-4/h5-11H2,1-4H3,(H2,14,15,16,21). The fourth-order valence-corrected chi connectivity index (χ4v) is 3.89. The Morgan fingerprint density at radius 2 is 1.55 bits per heavy atom. The zero-order chi connectivity index (χ0) is 16.8. The summed E-state index contributed by atoms with van der Waals surface area (Å²) >= 11 is 4.99. The molecular weight excluding hydrogens is 328 g/mol. The van der Waals surface area contributed by atoms with E-state index in [4.69, 9.17) is 29.5 Å². The average Bonchev–Trinajstić information content (AvgIpc) is 2.45. The maximum Gasteiger partial charge on any atom is 0.413 e. The molecule has 22 heavy (non-hydrogen) atoms. The molecule has 0 saturated carbocycles. The van der Waals surface area contributed by atoms with Gasteiger partial charge in [0.25, 0.3) is 0 Å². The smallest absolute Gasteiger partial charge is 0.413 e. The molecule has 0 spiro atoms. The van der Waals surface area contributed by atoms with Crippen LogP contribution < -0.4 is 10.6 Å². The Hall–Kier alpha value is -0.610. The molecule has 1 amide bonds. The summed E-state index contributed by atoms with van der Waals surface area (Å²) in [5.74, 6) is 0.636. The van der Waals surface area contributed by atoms with Crippen LogP contribution in [0.1, 0.15) is 34.1 Å². The monoisotopic (exact) mass is 356 g/mol. The van der Waals surface area contributed by atoms with E-state index in [9.17, 15) is 4.79 Å². The molecule has 0 bridgehead atoms. The molecule has 0 radical (unpaired) electrons. The molecule has 0 aromatic heterocycles. The van der Waals surface area contributed by atoms with Crippen LogP contribution in [0.3, 0.4) is 0 Å². The molecule has 0 unspecified atom stereocenters. The van der Waals surface area contributed by atoms with Crippen molar-refractivity contribution in [2.75, 3.05) is 38.7 Å². The number of carbonyl (C=O) groups excluding carboxylic acids is 1. The second kappa shape index (κ2) is 12.9. The van der Waals surface area contributed by atoms with Gasteiger partial charge >= 0.3 is 6.09 Å². The van der Waals surface area contributed by atoms with Crippen molar-refractivity contribution in [3.63, 3.8) is 0 Å². The van der Waals surface area contributed by atoms with E-state index in [1.54, 1.807) is 6.92 Å². The molecule has 0 atom stereocenters. The van der Waals surface area contributed by atoms with Gasteiger partial charge in [-0.25, -0.2) is 4.79 Å². The molecule has 132 valence electrons. The molecule has 0 aliphatic carbocycles. The van der Waals surface area contributed by atoms with E-state index in [1.807, 2.05) is 20.8 Å². The van der Waals surface area contributed by atoms with Crippen molar-refractivity contribution in [1.29, 1.82) is 0 Å². The predicted molar refractivity (Wildman–Crippen MR) is 92.7 cm³/mol. The van der Waals surface area contributed by atoms with Crippen LogP contribution in [0.5, 0.6) is 0 Å². The molecule has 0 aliphatic heterocycles. The molecule has 0 aliphatic rings. The highest BCUT2D eigenvalue weighted by molar-refractivity contribution is 8.21. The zero-order valence-corrected chi connectivity index (χ0v) is 15.4. The van der Waals surface area contributed by atoms with Crippen LogP contribution in [0.15, 0.2) is 0 Å². The van der Waals surface area contributed by atoms with Gasteiger partial charge in [0.15, 0.2) is 5.11 Å². The van der Waals surface area contributed by atoms with Gasteiger partial charge in [-0.1, -0.05) is 0 Å². The zero-order valence-electron chi connectivity index (χ0n) is 13.8. The number of carbonyl (C=O) groups is 1. The summed E-state index contributed by atoms with van der Waals surface area (Å²) in [4.78, 5) is 11.2. The largest absolute Gasteiger partial charge is 0.450 e. The minimum atomic E-state index is -1.97. The van der Waals surface area contributed by atoms with E-state index in [0.29, 0.717) is 38.7 Å². The molecule has 9 heteroatoms. The molecule has 0 rings (SSSR count). The van der Waals surface area contributed by atoms with E-state index < -0.39 is 17.0 Å². The van der Waals surface area contributed by atoms with Gasteiger partial charge in [-0.05, 0) is 46.3 Å². The molecule has 7 nitrogen and oxygen atoms in total. The summed E-state index contributed by atoms with van der Waals surface area (Å²) in [6.45, 7) is 9.95. The number of hydrogen-bond donors (Lipinski definition) is 2. The van der Waals surface area contributed by atoms with Gasteiger partial charge in [0.1, 0.15) is 0 Å². The lowest BCUT2D eigenvalue weighted by molar-refractivity contribution is 0.157. The normalized spacial score (nSPS) is 11.8. The Balaban J connectivity index is 4.16. The highest BCUT2D eigenvalue weighted by Crippen LogP contribution is 2.51. The van der Waals surface area contributed by atoms with Crippen molar-refractivity contribution < 1.29 is 22.1 Å². The summed E-state index contributed by atoms with van der Waals surface area (Å²) in [5, 5.41) is 5.60. The first-order chi connectivity index (χ1) is 10.5. The first-order valence-corrected chi connectivity index (χ1v) is 9.47. The van der Waals surface area contributed by atoms with Crippen LogP contribution in [-0.4, -0.2) is 49.9 Å². The number of hydrogen-bond acceptors (Lipinski definition) is 6. The topological polar surface area (TPSA) is 78.1 Å². The Bertz CT molecular complexity index is 315. The Labute approximate surface area is 140 Å². The number of rotatable bonds is 11. The van der Waals surface area contributed by atoms with Crippen LogP contribution >= 0.6 is 23.1 Å².